The van der Waals surface area contributed by atoms with Gasteiger partial charge < -0.3 is 10.1 Å². The molecule has 3 nitrogen and oxygen atoms in total. The van der Waals surface area contributed by atoms with E-state index in [4.69, 9.17) is 4.74 Å². The molecule has 2 fully saturated rings. The molecule has 1 aromatic rings. The molecule has 0 radical (unpaired) electrons. The molecular weight excluding hydrogens is 281 g/mol. The predicted molar refractivity (Wildman–Crippen MR) is 72.0 cm³/mol. The fraction of sp³-hybridized carbons (Fsp3) is 0.667. The lowest BCUT2D eigenvalue weighted by Crippen LogP contribution is -2.35. The second-order valence-corrected chi connectivity index (χ2v) is 6.14. The average molecular weight is 300 g/mol. The predicted octanol–water partition coefficient (Wildman–Crippen LogP) is 3.40. The van der Waals surface area contributed by atoms with E-state index in [2.05, 4.69) is 10.3 Å². The minimum Gasteiger partial charge on any atom is -0.489 e. The van der Waals surface area contributed by atoms with Crippen molar-refractivity contribution >= 4 is 0 Å². The van der Waals surface area contributed by atoms with E-state index in [0.29, 0.717) is 5.41 Å². The Labute approximate surface area is 121 Å². The summed E-state index contributed by atoms with van der Waals surface area (Å²) in [6.07, 6.45) is 3.04. The average Bonchev–Trinajstić information content (AvgIpc) is 2.81. The first-order chi connectivity index (χ1) is 9.97. The highest BCUT2D eigenvalue weighted by Gasteiger charge is 2.41. The maximum absolute atomic E-state index is 12.7. The quantitative estimate of drug-likeness (QED) is 0.909. The number of nitrogens with zero attached hydrogens (tertiary/aromatic N) is 1. The number of aromatic nitrogens is 1. The van der Waals surface area contributed by atoms with Gasteiger partial charge in [0.05, 0.1) is 17.9 Å². The molecule has 1 N–H and O–H groups in total. The SMILES string of the molecule is FC(F)(F)c1cncc(OC2CCC3(CCNCC3)C2)c1. The van der Waals surface area contributed by atoms with Gasteiger partial charge in [-0.1, -0.05) is 0 Å². The van der Waals surface area contributed by atoms with Gasteiger partial charge >= 0.3 is 6.18 Å². The number of alkyl halides is 3. The molecule has 2 aliphatic rings. The lowest BCUT2D eigenvalue weighted by atomic mass is 9.77. The lowest BCUT2D eigenvalue weighted by molar-refractivity contribution is -0.138. The zero-order valence-corrected chi connectivity index (χ0v) is 11.7. The van der Waals surface area contributed by atoms with E-state index in [0.717, 1.165) is 57.5 Å². The van der Waals surface area contributed by atoms with Crippen LogP contribution in [0.25, 0.3) is 0 Å². The van der Waals surface area contributed by atoms with Crippen LogP contribution in [0.5, 0.6) is 5.75 Å². The number of piperidine rings is 1. The Morgan fingerprint density at radius 1 is 1.19 bits per heavy atom. The number of nitrogens with one attached hydrogen (secondary N) is 1. The van der Waals surface area contributed by atoms with Crippen molar-refractivity contribution in [2.75, 3.05) is 13.1 Å². The van der Waals surface area contributed by atoms with E-state index in [1.165, 1.54) is 6.20 Å². The van der Waals surface area contributed by atoms with E-state index in [1.54, 1.807) is 0 Å². The van der Waals surface area contributed by atoms with Gasteiger partial charge in [-0.2, -0.15) is 13.2 Å². The first-order valence-electron chi connectivity index (χ1n) is 7.37. The summed E-state index contributed by atoms with van der Waals surface area (Å²) in [6, 6.07) is 1.04. The molecule has 116 valence electrons. The van der Waals surface area contributed by atoms with Crippen LogP contribution >= 0.6 is 0 Å². The highest BCUT2D eigenvalue weighted by molar-refractivity contribution is 5.26. The van der Waals surface area contributed by atoms with Crippen LogP contribution in [0.15, 0.2) is 18.5 Å². The number of pyridine rings is 1. The number of rotatable bonds is 2. The summed E-state index contributed by atoms with van der Waals surface area (Å²) in [5.41, 5.74) is -0.431. The minimum atomic E-state index is -4.38. The van der Waals surface area contributed by atoms with Crippen LogP contribution in [0.4, 0.5) is 13.2 Å². The minimum absolute atomic E-state index is 0.00776. The normalized spacial score (nSPS) is 25.2. The lowest BCUT2D eigenvalue weighted by Gasteiger charge is -2.33. The Morgan fingerprint density at radius 2 is 1.95 bits per heavy atom. The zero-order valence-electron chi connectivity index (χ0n) is 11.7. The van der Waals surface area contributed by atoms with Crippen molar-refractivity contribution in [2.24, 2.45) is 5.41 Å². The molecule has 0 bridgehead atoms. The molecule has 21 heavy (non-hydrogen) atoms. The van der Waals surface area contributed by atoms with Crippen molar-refractivity contribution in [3.8, 4) is 5.75 Å². The van der Waals surface area contributed by atoms with Gasteiger partial charge in [0, 0.05) is 6.20 Å². The van der Waals surface area contributed by atoms with Gasteiger partial charge in [-0.05, 0) is 56.7 Å². The third-order valence-corrected chi connectivity index (χ3v) is 4.66. The molecule has 1 saturated carbocycles. The summed E-state index contributed by atoms with van der Waals surface area (Å²) in [5, 5.41) is 3.35. The molecule has 3 rings (SSSR count). The fourth-order valence-corrected chi connectivity index (χ4v) is 3.50. The molecule has 1 saturated heterocycles. The largest absolute Gasteiger partial charge is 0.489 e. The van der Waals surface area contributed by atoms with Gasteiger partial charge in [0.15, 0.2) is 0 Å². The van der Waals surface area contributed by atoms with Crippen LogP contribution in [-0.2, 0) is 6.18 Å². The maximum atomic E-state index is 12.7. The Kier molecular flexibility index (Phi) is 3.82. The summed E-state index contributed by atoms with van der Waals surface area (Å²) in [6.45, 7) is 2.05. The summed E-state index contributed by atoms with van der Waals surface area (Å²) < 4.78 is 43.7. The van der Waals surface area contributed by atoms with Crippen molar-refractivity contribution in [1.82, 2.24) is 10.3 Å². The van der Waals surface area contributed by atoms with E-state index in [9.17, 15) is 13.2 Å². The Bertz CT molecular complexity index is 498. The first-order valence-corrected chi connectivity index (χ1v) is 7.37. The Balaban J connectivity index is 1.65. The molecule has 1 aromatic heterocycles. The van der Waals surface area contributed by atoms with Crippen LogP contribution in [0.3, 0.4) is 0 Å². The molecule has 1 atom stereocenters. The van der Waals surface area contributed by atoms with Crippen molar-refractivity contribution in [2.45, 2.75) is 44.4 Å². The van der Waals surface area contributed by atoms with Crippen LogP contribution < -0.4 is 10.1 Å². The Hall–Kier alpha value is -1.30. The molecule has 1 aliphatic heterocycles. The summed E-state index contributed by atoms with van der Waals surface area (Å²) >= 11 is 0. The second-order valence-electron chi connectivity index (χ2n) is 6.14. The summed E-state index contributed by atoms with van der Waals surface area (Å²) in [7, 11) is 0. The fourth-order valence-electron chi connectivity index (χ4n) is 3.50. The van der Waals surface area contributed by atoms with Crippen LogP contribution in [0, 0.1) is 5.41 Å². The zero-order chi connectivity index (χ0) is 14.9. The molecule has 1 aliphatic carbocycles. The molecule has 1 unspecified atom stereocenters. The van der Waals surface area contributed by atoms with Crippen LogP contribution in [0.1, 0.15) is 37.7 Å². The standard InChI is InChI=1S/C15H19F3N2O/c16-15(17,18)11-7-13(10-20-9-11)21-12-1-2-14(8-12)3-5-19-6-4-14/h7,9-10,12,19H,1-6,8H2. The van der Waals surface area contributed by atoms with Crippen molar-refractivity contribution < 1.29 is 17.9 Å². The third-order valence-electron chi connectivity index (χ3n) is 4.66. The molecule has 0 amide bonds. The number of halogens is 3. The molecule has 0 aromatic carbocycles. The van der Waals surface area contributed by atoms with Gasteiger partial charge in [-0.15, -0.1) is 0 Å². The van der Waals surface area contributed by atoms with Crippen LogP contribution in [0.2, 0.25) is 0 Å². The monoisotopic (exact) mass is 300 g/mol. The second kappa shape index (κ2) is 5.48. The third kappa shape index (κ3) is 3.31. The van der Waals surface area contributed by atoms with E-state index < -0.39 is 11.7 Å². The van der Waals surface area contributed by atoms with Crippen LogP contribution in [-0.4, -0.2) is 24.2 Å². The van der Waals surface area contributed by atoms with E-state index in [-0.39, 0.29) is 11.9 Å². The Morgan fingerprint density at radius 3 is 2.67 bits per heavy atom. The molecular formula is C15H19F3N2O. The summed E-state index contributed by atoms with van der Waals surface area (Å²) in [4.78, 5) is 3.64. The van der Waals surface area contributed by atoms with Gasteiger partial charge in [0.1, 0.15) is 5.75 Å². The first kappa shape index (κ1) is 14.6. The van der Waals surface area contributed by atoms with Crippen molar-refractivity contribution in [1.29, 1.82) is 0 Å². The smallest absolute Gasteiger partial charge is 0.418 e. The molecule has 1 spiro atoms. The number of hydrogen-bond acceptors (Lipinski definition) is 3. The topological polar surface area (TPSA) is 34.1 Å². The van der Waals surface area contributed by atoms with Gasteiger partial charge in [0.25, 0.3) is 0 Å². The molecule has 6 heteroatoms. The van der Waals surface area contributed by atoms with Gasteiger partial charge in [0.2, 0.25) is 0 Å². The summed E-state index contributed by atoms with van der Waals surface area (Å²) in [5.74, 6) is 0.223. The van der Waals surface area contributed by atoms with Crippen molar-refractivity contribution in [3.05, 3.63) is 24.0 Å². The van der Waals surface area contributed by atoms with Gasteiger partial charge in [-0.3, -0.25) is 4.98 Å². The number of hydrogen-bond donors (Lipinski definition) is 1. The molecule has 2 heterocycles. The van der Waals surface area contributed by atoms with E-state index in [1.807, 2.05) is 0 Å². The highest BCUT2D eigenvalue weighted by Crippen LogP contribution is 2.46. The van der Waals surface area contributed by atoms with Crippen molar-refractivity contribution in [3.63, 3.8) is 0 Å². The van der Waals surface area contributed by atoms with Gasteiger partial charge in [-0.25, -0.2) is 0 Å². The maximum Gasteiger partial charge on any atom is 0.418 e. The highest BCUT2D eigenvalue weighted by atomic mass is 19.4. The van der Waals surface area contributed by atoms with E-state index >= 15 is 0 Å². The number of ether oxygens (including phenoxy) is 1.